The Balaban J connectivity index is 0.00000169. The third-order valence-corrected chi connectivity index (χ3v) is 2.60. The van der Waals surface area contributed by atoms with E-state index >= 15 is 0 Å². The summed E-state index contributed by atoms with van der Waals surface area (Å²) in [5, 5.41) is 9.12. The number of halogens is 3. The lowest BCUT2D eigenvalue weighted by Crippen LogP contribution is -2.09. The predicted molar refractivity (Wildman–Crippen MR) is 63.6 cm³/mol. The van der Waals surface area contributed by atoms with Gasteiger partial charge in [-0.15, -0.1) is 12.4 Å². The van der Waals surface area contributed by atoms with Crippen molar-refractivity contribution in [2.24, 2.45) is 5.73 Å². The fraction of sp³-hybridized carbons (Fsp3) is 0.222. The Morgan fingerprint density at radius 1 is 1.57 bits per heavy atom. The Morgan fingerprint density at radius 2 is 2.21 bits per heavy atom. The molecule has 0 aromatic heterocycles. The van der Waals surface area contributed by atoms with Crippen LogP contribution >= 0.6 is 39.9 Å². The summed E-state index contributed by atoms with van der Waals surface area (Å²) >= 11 is 9.11. The Bertz CT molecular complexity index is 349. The van der Waals surface area contributed by atoms with Crippen LogP contribution in [0.3, 0.4) is 0 Å². The molecule has 1 aromatic rings. The van der Waals surface area contributed by atoms with E-state index in [9.17, 15) is 0 Å². The maximum atomic E-state index is 8.47. The van der Waals surface area contributed by atoms with Crippen molar-refractivity contribution >= 4 is 39.9 Å². The number of hydrogen-bond acceptors (Lipinski definition) is 2. The number of rotatable bonds is 2. The molecule has 2 N–H and O–H groups in total. The van der Waals surface area contributed by atoms with Gasteiger partial charge in [0.2, 0.25) is 0 Å². The van der Waals surface area contributed by atoms with Crippen molar-refractivity contribution in [3.05, 3.63) is 33.3 Å². The van der Waals surface area contributed by atoms with Crippen LogP contribution in [0.5, 0.6) is 0 Å². The van der Waals surface area contributed by atoms with Crippen LogP contribution in [-0.2, 0) is 0 Å². The van der Waals surface area contributed by atoms with E-state index in [1.807, 2.05) is 12.1 Å². The van der Waals surface area contributed by atoms with Crippen molar-refractivity contribution in [3.8, 4) is 6.07 Å². The summed E-state index contributed by atoms with van der Waals surface area (Å²) in [7, 11) is 0. The molecule has 2 nitrogen and oxygen atoms in total. The lowest BCUT2D eigenvalue weighted by atomic mass is 10.1. The van der Waals surface area contributed by atoms with Gasteiger partial charge in [0.1, 0.15) is 0 Å². The van der Waals surface area contributed by atoms with Gasteiger partial charge < -0.3 is 5.73 Å². The number of nitriles is 1. The molecule has 0 unspecified atom stereocenters. The normalized spacial score (nSPS) is 11.3. The summed E-state index contributed by atoms with van der Waals surface area (Å²) in [5.41, 5.74) is 6.67. The summed E-state index contributed by atoms with van der Waals surface area (Å²) in [6, 6.07) is 7.14. The smallest absolute Gasteiger partial charge is 0.0641 e. The molecule has 76 valence electrons. The molecular weight excluding hydrogens is 287 g/mol. The van der Waals surface area contributed by atoms with E-state index in [-0.39, 0.29) is 18.4 Å². The van der Waals surface area contributed by atoms with Crippen LogP contribution in [0, 0.1) is 11.3 Å². The monoisotopic (exact) mass is 294 g/mol. The Labute approximate surface area is 103 Å². The standard InChI is InChI=1S/C9H8BrClN2.ClH/c10-8-5-6(11)1-2-7(8)9(13)3-4-12;/h1-2,5,9H,3,13H2;1H/t9-;/m0./s1. The number of hydrogen-bond donors (Lipinski definition) is 1. The molecule has 1 aromatic carbocycles. The van der Waals surface area contributed by atoms with Crippen molar-refractivity contribution < 1.29 is 0 Å². The van der Waals surface area contributed by atoms with Crippen molar-refractivity contribution in [1.82, 2.24) is 0 Å². The van der Waals surface area contributed by atoms with Gasteiger partial charge in [0.05, 0.1) is 12.5 Å². The molecule has 0 heterocycles. The fourth-order valence-electron chi connectivity index (χ4n) is 1.01. The van der Waals surface area contributed by atoms with Crippen molar-refractivity contribution in [2.75, 3.05) is 0 Å². The summed E-state index contributed by atoms with van der Waals surface area (Å²) in [6.45, 7) is 0. The van der Waals surface area contributed by atoms with Gasteiger partial charge >= 0.3 is 0 Å². The van der Waals surface area contributed by atoms with Crippen molar-refractivity contribution in [3.63, 3.8) is 0 Å². The van der Waals surface area contributed by atoms with Crippen LogP contribution in [-0.4, -0.2) is 0 Å². The van der Waals surface area contributed by atoms with Crippen molar-refractivity contribution in [1.29, 1.82) is 5.26 Å². The first kappa shape index (κ1) is 13.7. The Kier molecular flexibility index (Phi) is 6.14. The molecule has 14 heavy (non-hydrogen) atoms. The van der Waals surface area contributed by atoms with Crippen LogP contribution in [0.4, 0.5) is 0 Å². The molecule has 0 saturated heterocycles. The van der Waals surface area contributed by atoms with E-state index < -0.39 is 0 Å². The highest BCUT2D eigenvalue weighted by molar-refractivity contribution is 9.10. The first-order valence-corrected chi connectivity index (χ1v) is 4.89. The van der Waals surface area contributed by atoms with E-state index in [1.54, 1.807) is 12.1 Å². The summed E-state index contributed by atoms with van der Waals surface area (Å²) in [5.74, 6) is 0. The maximum Gasteiger partial charge on any atom is 0.0641 e. The number of nitrogens with zero attached hydrogens (tertiary/aromatic N) is 1. The second-order valence-corrected chi connectivity index (χ2v) is 3.93. The number of nitrogens with two attached hydrogens (primary N) is 1. The van der Waals surface area contributed by atoms with Gasteiger partial charge in [-0.25, -0.2) is 0 Å². The molecule has 0 radical (unpaired) electrons. The molecule has 0 aliphatic rings. The number of benzene rings is 1. The SMILES string of the molecule is Cl.N#CC[C@H](N)c1ccc(Cl)cc1Br. The second kappa shape index (κ2) is 6.26. The molecule has 0 amide bonds. The Morgan fingerprint density at radius 3 is 2.71 bits per heavy atom. The van der Waals surface area contributed by atoms with E-state index in [2.05, 4.69) is 15.9 Å². The van der Waals surface area contributed by atoms with Gasteiger partial charge in [-0.3, -0.25) is 0 Å². The molecule has 0 spiro atoms. The van der Waals surface area contributed by atoms with E-state index in [4.69, 9.17) is 22.6 Å². The molecule has 0 aliphatic heterocycles. The summed E-state index contributed by atoms with van der Waals surface area (Å²) < 4.78 is 0.850. The zero-order valence-electron chi connectivity index (χ0n) is 7.21. The van der Waals surface area contributed by atoms with Crippen LogP contribution < -0.4 is 5.73 Å². The first-order valence-electron chi connectivity index (χ1n) is 3.72. The van der Waals surface area contributed by atoms with Crippen LogP contribution in [0.2, 0.25) is 5.02 Å². The van der Waals surface area contributed by atoms with Crippen molar-refractivity contribution in [2.45, 2.75) is 12.5 Å². The quantitative estimate of drug-likeness (QED) is 0.908. The van der Waals surface area contributed by atoms with Gasteiger partial charge in [0.15, 0.2) is 0 Å². The zero-order chi connectivity index (χ0) is 9.84. The molecule has 0 bridgehead atoms. The van der Waals surface area contributed by atoms with Crippen LogP contribution in [0.1, 0.15) is 18.0 Å². The zero-order valence-corrected chi connectivity index (χ0v) is 10.4. The summed E-state index contributed by atoms with van der Waals surface area (Å²) in [6.07, 6.45) is 0.306. The van der Waals surface area contributed by atoms with Crippen LogP contribution in [0.15, 0.2) is 22.7 Å². The molecule has 1 rings (SSSR count). The van der Waals surface area contributed by atoms with Gasteiger partial charge in [-0.05, 0) is 17.7 Å². The lowest BCUT2D eigenvalue weighted by Gasteiger charge is -2.09. The molecule has 0 aliphatic carbocycles. The highest BCUT2D eigenvalue weighted by Gasteiger charge is 2.09. The molecule has 1 atom stereocenters. The fourth-order valence-corrected chi connectivity index (χ4v) is 1.99. The van der Waals surface area contributed by atoms with E-state index in [0.29, 0.717) is 11.4 Å². The van der Waals surface area contributed by atoms with Crippen LogP contribution in [0.25, 0.3) is 0 Å². The molecule has 0 saturated carbocycles. The van der Waals surface area contributed by atoms with Gasteiger partial charge in [0.25, 0.3) is 0 Å². The molecule has 0 fully saturated rings. The average Bonchev–Trinajstić information content (AvgIpc) is 2.04. The highest BCUT2D eigenvalue weighted by Crippen LogP contribution is 2.26. The Hall–Kier alpha value is -0.270. The minimum Gasteiger partial charge on any atom is -0.323 e. The van der Waals surface area contributed by atoms with Gasteiger partial charge in [0, 0.05) is 15.5 Å². The minimum atomic E-state index is -0.253. The summed E-state index contributed by atoms with van der Waals surface area (Å²) in [4.78, 5) is 0. The largest absolute Gasteiger partial charge is 0.323 e. The molecular formula is C9H9BrCl2N2. The van der Waals surface area contributed by atoms with E-state index in [0.717, 1.165) is 10.0 Å². The van der Waals surface area contributed by atoms with Gasteiger partial charge in [-0.1, -0.05) is 33.6 Å². The van der Waals surface area contributed by atoms with Gasteiger partial charge in [-0.2, -0.15) is 5.26 Å². The third-order valence-electron chi connectivity index (χ3n) is 1.67. The predicted octanol–water partition coefficient (Wildman–Crippen LogP) is 3.44. The maximum absolute atomic E-state index is 8.47. The molecule has 5 heteroatoms. The topological polar surface area (TPSA) is 49.8 Å². The average molecular weight is 296 g/mol. The second-order valence-electron chi connectivity index (χ2n) is 2.63. The first-order chi connectivity index (χ1) is 6.15. The highest BCUT2D eigenvalue weighted by atomic mass is 79.9. The van der Waals surface area contributed by atoms with E-state index in [1.165, 1.54) is 0 Å². The third kappa shape index (κ3) is 3.47. The lowest BCUT2D eigenvalue weighted by molar-refractivity contribution is 0.745. The minimum absolute atomic E-state index is 0.